The summed E-state index contributed by atoms with van der Waals surface area (Å²) >= 11 is 0. The lowest BCUT2D eigenvalue weighted by atomic mass is 10.0. The molecule has 0 bridgehead atoms. The van der Waals surface area contributed by atoms with Gasteiger partial charge >= 0.3 is 0 Å². The molecule has 0 amide bonds. The van der Waals surface area contributed by atoms with Gasteiger partial charge in [0.25, 0.3) is 0 Å². The summed E-state index contributed by atoms with van der Waals surface area (Å²) in [5.41, 5.74) is 3.27. The molecule has 3 rings (SSSR count). The standard InChI is InChI=1S/C18H22N2O2/c1-20-7-5-17(20)13-22-18-10-16(11-19-12-18)15-4-2-3-14(9-15)6-8-21/h2-4,9-12,17,21H,5-8,13H2,1H3. The molecule has 1 N–H and O–H groups in total. The highest BCUT2D eigenvalue weighted by Gasteiger charge is 2.24. The van der Waals surface area contributed by atoms with Crippen molar-refractivity contribution in [1.29, 1.82) is 0 Å². The predicted molar refractivity (Wildman–Crippen MR) is 87.0 cm³/mol. The predicted octanol–water partition coefficient (Wildman–Crippen LogP) is 2.37. The Kier molecular flexibility index (Phi) is 4.71. The third-order valence-electron chi connectivity index (χ3n) is 4.25. The normalized spacial score (nSPS) is 18.0. The average Bonchev–Trinajstić information content (AvgIpc) is 2.54. The van der Waals surface area contributed by atoms with E-state index in [0.29, 0.717) is 19.1 Å². The maximum Gasteiger partial charge on any atom is 0.138 e. The lowest BCUT2D eigenvalue weighted by Crippen LogP contribution is -2.48. The van der Waals surface area contributed by atoms with Gasteiger partial charge in [-0.1, -0.05) is 24.3 Å². The second-order valence-corrected chi connectivity index (χ2v) is 5.82. The highest BCUT2D eigenvalue weighted by Crippen LogP contribution is 2.24. The fourth-order valence-corrected chi connectivity index (χ4v) is 2.66. The molecule has 0 spiro atoms. The lowest BCUT2D eigenvalue weighted by molar-refractivity contribution is 0.0768. The molecule has 1 saturated heterocycles. The van der Waals surface area contributed by atoms with Crippen molar-refractivity contribution in [3.05, 3.63) is 48.3 Å². The number of aromatic nitrogens is 1. The Labute approximate surface area is 131 Å². The summed E-state index contributed by atoms with van der Waals surface area (Å²) < 4.78 is 5.88. The van der Waals surface area contributed by atoms with Crippen molar-refractivity contribution in [3.63, 3.8) is 0 Å². The van der Waals surface area contributed by atoms with Crippen molar-refractivity contribution in [3.8, 4) is 16.9 Å². The van der Waals surface area contributed by atoms with Crippen LogP contribution in [0.5, 0.6) is 5.75 Å². The Morgan fingerprint density at radius 1 is 1.27 bits per heavy atom. The second-order valence-electron chi connectivity index (χ2n) is 5.82. The number of rotatable bonds is 6. The van der Waals surface area contributed by atoms with E-state index >= 15 is 0 Å². The molecule has 0 aliphatic carbocycles. The number of pyridine rings is 1. The molecule has 0 saturated carbocycles. The van der Waals surface area contributed by atoms with Crippen LogP contribution in [0, 0.1) is 0 Å². The van der Waals surface area contributed by atoms with Crippen LogP contribution < -0.4 is 4.74 Å². The first kappa shape index (κ1) is 15.0. The topological polar surface area (TPSA) is 45.6 Å². The molecular weight excluding hydrogens is 276 g/mol. The van der Waals surface area contributed by atoms with Gasteiger partial charge in [-0.2, -0.15) is 0 Å². The molecule has 1 atom stereocenters. The van der Waals surface area contributed by atoms with Gasteiger partial charge < -0.3 is 9.84 Å². The smallest absolute Gasteiger partial charge is 0.138 e. The molecule has 2 heterocycles. The number of ether oxygens (including phenoxy) is 1. The monoisotopic (exact) mass is 298 g/mol. The van der Waals surface area contributed by atoms with E-state index in [1.54, 1.807) is 6.20 Å². The maximum absolute atomic E-state index is 9.06. The van der Waals surface area contributed by atoms with E-state index in [1.165, 1.54) is 6.42 Å². The van der Waals surface area contributed by atoms with Gasteiger partial charge in [0, 0.05) is 24.4 Å². The molecule has 4 heteroatoms. The third-order valence-corrected chi connectivity index (χ3v) is 4.25. The van der Waals surface area contributed by atoms with Crippen LogP contribution in [0.1, 0.15) is 12.0 Å². The SMILES string of the molecule is CN1CCC1COc1cncc(-c2cccc(CCO)c2)c1. The Morgan fingerprint density at radius 2 is 2.18 bits per heavy atom. The zero-order valence-corrected chi connectivity index (χ0v) is 12.9. The number of aliphatic hydroxyl groups is 1. The molecule has 4 nitrogen and oxygen atoms in total. The molecule has 0 radical (unpaired) electrons. The minimum Gasteiger partial charge on any atom is -0.490 e. The second kappa shape index (κ2) is 6.90. The highest BCUT2D eigenvalue weighted by molar-refractivity contribution is 5.64. The lowest BCUT2D eigenvalue weighted by Gasteiger charge is -2.37. The minimum absolute atomic E-state index is 0.166. The molecule has 1 aromatic heterocycles. The fraction of sp³-hybridized carbons (Fsp3) is 0.389. The van der Waals surface area contributed by atoms with Crippen molar-refractivity contribution in [1.82, 2.24) is 9.88 Å². The quantitative estimate of drug-likeness (QED) is 0.889. The largest absolute Gasteiger partial charge is 0.490 e. The maximum atomic E-state index is 9.06. The van der Waals surface area contributed by atoms with Crippen LogP contribution in [-0.4, -0.2) is 47.8 Å². The molecule has 22 heavy (non-hydrogen) atoms. The summed E-state index contributed by atoms with van der Waals surface area (Å²) in [7, 11) is 2.12. The Hall–Kier alpha value is -1.91. The molecule has 1 fully saturated rings. The number of hydrogen-bond donors (Lipinski definition) is 1. The van der Waals surface area contributed by atoms with Gasteiger partial charge in [0.2, 0.25) is 0 Å². The van der Waals surface area contributed by atoms with Crippen LogP contribution in [0.25, 0.3) is 11.1 Å². The summed E-state index contributed by atoms with van der Waals surface area (Å²) in [6, 6.07) is 10.7. The van der Waals surface area contributed by atoms with E-state index in [1.807, 2.05) is 24.4 Å². The molecule has 1 aliphatic rings. The van der Waals surface area contributed by atoms with Crippen LogP contribution >= 0.6 is 0 Å². The van der Waals surface area contributed by atoms with Crippen LogP contribution in [0.3, 0.4) is 0 Å². The number of hydrogen-bond acceptors (Lipinski definition) is 4. The van der Waals surface area contributed by atoms with Crippen molar-refractivity contribution in [2.24, 2.45) is 0 Å². The highest BCUT2D eigenvalue weighted by atomic mass is 16.5. The Morgan fingerprint density at radius 3 is 2.91 bits per heavy atom. The van der Waals surface area contributed by atoms with E-state index < -0.39 is 0 Å². The first-order valence-electron chi connectivity index (χ1n) is 7.74. The molecule has 116 valence electrons. The minimum atomic E-state index is 0.166. The van der Waals surface area contributed by atoms with E-state index in [2.05, 4.69) is 29.1 Å². The summed E-state index contributed by atoms with van der Waals surface area (Å²) in [6.07, 6.45) is 5.48. The van der Waals surface area contributed by atoms with E-state index in [4.69, 9.17) is 9.84 Å². The zero-order valence-electron chi connectivity index (χ0n) is 12.9. The van der Waals surface area contributed by atoms with E-state index in [9.17, 15) is 0 Å². The van der Waals surface area contributed by atoms with Gasteiger partial charge in [-0.25, -0.2) is 0 Å². The van der Waals surface area contributed by atoms with Gasteiger partial charge in [-0.15, -0.1) is 0 Å². The van der Waals surface area contributed by atoms with Gasteiger partial charge in [0.15, 0.2) is 0 Å². The Balaban J connectivity index is 1.71. The summed E-state index contributed by atoms with van der Waals surface area (Å²) in [4.78, 5) is 6.59. The van der Waals surface area contributed by atoms with Crippen molar-refractivity contribution in [2.45, 2.75) is 18.9 Å². The van der Waals surface area contributed by atoms with Crippen LogP contribution in [0.15, 0.2) is 42.7 Å². The average molecular weight is 298 g/mol. The van der Waals surface area contributed by atoms with Gasteiger partial charge in [0.1, 0.15) is 12.4 Å². The van der Waals surface area contributed by atoms with Crippen molar-refractivity contribution in [2.75, 3.05) is 26.8 Å². The van der Waals surface area contributed by atoms with Crippen LogP contribution in [0.4, 0.5) is 0 Å². The zero-order chi connectivity index (χ0) is 15.4. The van der Waals surface area contributed by atoms with E-state index in [0.717, 1.165) is 29.0 Å². The number of benzene rings is 1. The van der Waals surface area contributed by atoms with Crippen molar-refractivity contribution < 1.29 is 9.84 Å². The third kappa shape index (κ3) is 3.46. The van der Waals surface area contributed by atoms with Crippen LogP contribution in [0.2, 0.25) is 0 Å². The van der Waals surface area contributed by atoms with Gasteiger partial charge in [0.05, 0.1) is 6.20 Å². The first-order chi connectivity index (χ1) is 10.8. The van der Waals surface area contributed by atoms with E-state index in [-0.39, 0.29) is 6.61 Å². The van der Waals surface area contributed by atoms with Gasteiger partial charge in [-0.3, -0.25) is 9.88 Å². The molecule has 2 aromatic rings. The number of likely N-dealkylation sites (N-methyl/N-ethyl adjacent to an activating group) is 1. The molecular formula is C18H22N2O2. The first-order valence-corrected chi connectivity index (χ1v) is 7.74. The van der Waals surface area contributed by atoms with Gasteiger partial charge in [-0.05, 0) is 43.6 Å². The summed E-state index contributed by atoms with van der Waals surface area (Å²) in [5.74, 6) is 0.811. The summed E-state index contributed by atoms with van der Waals surface area (Å²) in [5, 5.41) is 9.06. The fourth-order valence-electron chi connectivity index (χ4n) is 2.66. The molecule has 1 aromatic carbocycles. The summed E-state index contributed by atoms with van der Waals surface area (Å²) in [6.45, 7) is 2.04. The number of likely N-dealkylation sites (tertiary alicyclic amines) is 1. The van der Waals surface area contributed by atoms with Crippen molar-refractivity contribution >= 4 is 0 Å². The number of aliphatic hydroxyl groups excluding tert-OH is 1. The Bertz CT molecular complexity index is 630. The molecule has 1 aliphatic heterocycles. The van der Waals surface area contributed by atoms with Crippen LogP contribution in [-0.2, 0) is 6.42 Å². The number of nitrogens with zero attached hydrogens (tertiary/aromatic N) is 2. The molecule has 1 unspecified atom stereocenters.